The van der Waals surface area contributed by atoms with Gasteiger partial charge in [0.15, 0.2) is 5.69 Å². The third-order valence-electron chi connectivity index (χ3n) is 2.41. The van der Waals surface area contributed by atoms with Gasteiger partial charge in [0, 0.05) is 6.20 Å². The van der Waals surface area contributed by atoms with Crippen LogP contribution in [0.2, 0.25) is 0 Å². The number of carboxylic acids is 1. The quantitative estimate of drug-likeness (QED) is 0.901. The molecule has 0 aliphatic carbocycles. The summed E-state index contributed by atoms with van der Waals surface area (Å²) in [5.41, 5.74) is -0.124. The van der Waals surface area contributed by atoms with Crippen molar-refractivity contribution >= 4 is 5.97 Å². The van der Waals surface area contributed by atoms with Gasteiger partial charge in [-0.1, -0.05) is 11.3 Å². The van der Waals surface area contributed by atoms with E-state index in [1.165, 1.54) is 12.3 Å². The molecule has 112 valence electrons. The number of pyridine rings is 1. The molecular weight excluding hydrogens is 293 g/mol. The normalized spacial score (nSPS) is 11.6. The minimum absolute atomic E-state index is 0.0221. The number of alkyl halides is 3. The Labute approximate surface area is 116 Å². The molecule has 2 heterocycles. The highest BCUT2D eigenvalue weighted by molar-refractivity contribution is 5.92. The van der Waals surface area contributed by atoms with Gasteiger partial charge in [0.2, 0.25) is 0 Å². The summed E-state index contributed by atoms with van der Waals surface area (Å²) in [6.07, 6.45) is -3.34. The van der Waals surface area contributed by atoms with E-state index in [9.17, 15) is 18.0 Å². The van der Waals surface area contributed by atoms with Gasteiger partial charge in [-0.3, -0.25) is 9.72 Å². The average molecular weight is 302 g/mol. The van der Waals surface area contributed by atoms with Gasteiger partial charge in [-0.05, 0) is 12.1 Å². The molecular formula is C11H9F3N4O3. The average Bonchev–Trinajstić information content (AvgIpc) is 2.82. The minimum atomic E-state index is -4.76. The largest absolute Gasteiger partial charge is 0.522 e. The molecule has 7 nitrogen and oxygen atoms in total. The van der Waals surface area contributed by atoms with Crippen LogP contribution in [0.25, 0.3) is 11.4 Å². The van der Waals surface area contributed by atoms with E-state index in [1.807, 2.05) is 0 Å². The Bertz CT molecular complexity index is 627. The molecule has 0 aliphatic rings. The monoisotopic (exact) mass is 302 g/mol. The number of aromatic carboxylic acids is 1. The van der Waals surface area contributed by atoms with Gasteiger partial charge < -0.3 is 5.11 Å². The lowest BCUT2D eigenvalue weighted by atomic mass is 10.2. The van der Waals surface area contributed by atoms with Gasteiger partial charge in [-0.2, -0.15) is 0 Å². The standard InChI is InChI=1S/C11H9F3N4O3/c12-11(13,14)21-6-5-18-9(7-3-1-2-4-15-7)8(10(19)20)16-17-18/h1-4H,5-6H2,(H,19,20). The van der Waals surface area contributed by atoms with E-state index in [-0.39, 0.29) is 23.6 Å². The third-order valence-corrected chi connectivity index (χ3v) is 2.41. The molecule has 2 aromatic rings. The predicted molar refractivity (Wildman–Crippen MR) is 62.2 cm³/mol. The summed E-state index contributed by atoms with van der Waals surface area (Å²) in [5.74, 6) is -1.35. The van der Waals surface area contributed by atoms with Crippen LogP contribution >= 0.6 is 0 Å². The van der Waals surface area contributed by atoms with Crippen molar-refractivity contribution in [3.05, 3.63) is 30.1 Å². The van der Waals surface area contributed by atoms with Gasteiger partial charge in [0.05, 0.1) is 18.8 Å². The summed E-state index contributed by atoms with van der Waals surface area (Å²) in [6.45, 7) is -1.03. The Hall–Kier alpha value is -2.49. The first-order chi connectivity index (χ1) is 9.88. The van der Waals surface area contributed by atoms with E-state index < -0.39 is 18.9 Å². The SMILES string of the molecule is O=C(O)c1nnn(CCOC(F)(F)F)c1-c1ccccn1. The number of carbonyl (C=O) groups is 1. The number of rotatable bonds is 5. The Balaban J connectivity index is 2.28. The van der Waals surface area contributed by atoms with E-state index in [0.717, 1.165) is 4.68 Å². The topological polar surface area (TPSA) is 90.1 Å². The van der Waals surface area contributed by atoms with Crippen molar-refractivity contribution in [3.8, 4) is 11.4 Å². The van der Waals surface area contributed by atoms with Crippen molar-refractivity contribution in [1.82, 2.24) is 20.0 Å². The maximum Gasteiger partial charge on any atom is 0.522 e. The molecule has 0 unspecified atom stereocenters. The fourth-order valence-corrected chi connectivity index (χ4v) is 1.62. The maximum absolute atomic E-state index is 11.9. The van der Waals surface area contributed by atoms with Gasteiger partial charge in [0.25, 0.3) is 0 Å². The highest BCUT2D eigenvalue weighted by Crippen LogP contribution is 2.21. The fraction of sp³-hybridized carbons (Fsp3) is 0.273. The molecule has 0 aliphatic heterocycles. The van der Waals surface area contributed by atoms with Crippen LogP contribution in [-0.2, 0) is 11.3 Å². The molecule has 2 aromatic heterocycles. The molecule has 0 radical (unpaired) electrons. The van der Waals surface area contributed by atoms with Crippen LogP contribution in [-0.4, -0.2) is 44.0 Å². The number of hydrogen-bond donors (Lipinski definition) is 1. The first-order valence-corrected chi connectivity index (χ1v) is 5.67. The molecule has 21 heavy (non-hydrogen) atoms. The van der Waals surface area contributed by atoms with Crippen LogP contribution in [0.3, 0.4) is 0 Å². The van der Waals surface area contributed by atoms with E-state index in [2.05, 4.69) is 20.0 Å². The van der Waals surface area contributed by atoms with E-state index in [0.29, 0.717) is 0 Å². The molecule has 0 atom stereocenters. The van der Waals surface area contributed by atoms with Crippen molar-refractivity contribution in [2.75, 3.05) is 6.61 Å². The molecule has 10 heteroatoms. The van der Waals surface area contributed by atoms with Crippen molar-refractivity contribution < 1.29 is 27.8 Å². The Morgan fingerprint density at radius 3 is 2.71 bits per heavy atom. The van der Waals surface area contributed by atoms with E-state index in [4.69, 9.17) is 5.11 Å². The molecule has 0 amide bonds. The molecule has 0 saturated carbocycles. The summed E-state index contributed by atoms with van der Waals surface area (Å²) >= 11 is 0. The summed E-state index contributed by atoms with van der Waals surface area (Å²) in [4.78, 5) is 15.0. The summed E-state index contributed by atoms with van der Waals surface area (Å²) in [6, 6.07) is 4.73. The van der Waals surface area contributed by atoms with Gasteiger partial charge in [-0.25, -0.2) is 9.48 Å². The second kappa shape index (κ2) is 5.87. The molecule has 0 saturated heterocycles. The molecule has 2 rings (SSSR count). The van der Waals surface area contributed by atoms with Crippen LogP contribution in [0.15, 0.2) is 24.4 Å². The smallest absolute Gasteiger partial charge is 0.476 e. The van der Waals surface area contributed by atoms with Crippen molar-refractivity contribution in [2.45, 2.75) is 12.9 Å². The van der Waals surface area contributed by atoms with E-state index in [1.54, 1.807) is 12.1 Å². The zero-order valence-corrected chi connectivity index (χ0v) is 10.4. The molecule has 0 aromatic carbocycles. The highest BCUT2D eigenvalue weighted by Gasteiger charge is 2.29. The number of carboxylic acid groups (broad SMARTS) is 1. The maximum atomic E-state index is 11.9. The lowest BCUT2D eigenvalue weighted by molar-refractivity contribution is -0.325. The second-order valence-corrected chi connectivity index (χ2v) is 3.82. The molecule has 1 N–H and O–H groups in total. The first-order valence-electron chi connectivity index (χ1n) is 5.67. The number of hydrogen-bond acceptors (Lipinski definition) is 5. The number of aromatic nitrogens is 4. The van der Waals surface area contributed by atoms with Crippen molar-refractivity contribution in [1.29, 1.82) is 0 Å². The lowest BCUT2D eigenvalue weighted by Crippen LogP contribution is -2.18. The van der Waals surface area contributed by atoms with Crippen LogP contribution < -0.4 is 0 Å². The Kier molecular flexibility index (Phi) is 4.17. The number of nitrogens with zero attached hydrogens (tertiary/aromatic N) is 4. The van der Waals surface area contributed by atoms with Crippen LogP contribution in [0, 0.1) is 0 Å². The fourth-order valence-electron chi connectivity index (χ4n) is 1.62. The van der Waals surface area contributed by atoms with Gasteiger partial charge >= 0.3 is 12.3 Å². The number of ether oxygens (including phenoxy) is 1. The molecule has 0 fully saturated rings. The van der Waals surface area contributed by atoms with Crippen LogP contribution in [0.4, 0.5) is 13.2 Å². The molecule has 0 spiro atoms. The van der Waals surface area contributed by atoms with Crippen molar-refractivity contribution in [2.24, 2.45) is 0 Å². The lowest BCUT2D eigenvalue weighted by Gasteiger charge is -2.09. The van der Waals surface area contributed by atoms with Crippen LogP contribution in [0.5, 0.6) is 0 Å². The first kappa shape index (κ1) is 14.9. The number of halogens is 3. The third kappa shape index (κ3) is 3.75. The predicted octanol–water partition coefficient (Wildman–Crippen LogP) is 1.57. The second-order valence-electron chi connectivity index (χ2n) is 3.82. The highest BCUT2D eigenvalue weighted by atomic mass is 19.4. The van der Waals surface area contributed by atoms with E-state index >= 15 is 0 Å². The Morgan fingerprint density at radius 1 is 1.38 bits per heavy atom. The zero-order chi connectivity index (χ0) is 15.5. The summed E-state index contributed by atoms with van der Waals surface area (Å²) in [5, 5.41) is 16.0. The van der Waals surface area contributed by atoms with Crippen molar-refractivity contribution in [3.63, 3.8) is 0 Å². The van der Waals surface area contributed by atoms with Gasteiger partial charge in [0.1, 0.15) is 5.69 Å². The Morgan fingerprint density at radius 2 is 2.14 bits per heavy atom. The minimum Gasteiger partial charge on any atom is -0.476 e. The summed E-state index contributed by atoms with van der Waals surface area (Å²) in [7, 11) is 0. The molecule has 0 bridgehead atoms. The zero-order valence-electron chi connectivity index (χ0n) is 10.4. The van der Waals surface area contributed by atoms with Gasteiger partial charge in [-0.15, -0.1) is 18.3 Å². The van der Waals surface area contributed by atoms with Crippen LogP contribution in [0.1, 0.15) is 10.5 Å². The summed E-state index contributed by atoms with van der Waals surface area (Å²) < 4.78 is 40.5.